The van der Waals surface area contributed by atoms with Crippen molar-refractivity contribution in [2.75, 3.05) is 6.54 Å². The summed E-state index contributed by atoms with van der Waals surface area (Å²) in [5, 5.41) is 19.8. The molecular weight excluding hydrogens is 200 g/mol. The lowest BCUT2D eigenvalue weighted by atomic mass is 10.1. The van der Waals surface area contributed by atoms with Crippen molar-refractivity contribution in [1.82, 2.24) is 5.32 Å². The van der Waals surface area contributed by atoms with E-state index in [1.165, 1.54) is 0 Å². The molecule has 0 fully saturated rings. The Bertz CT molecular complexity index is 198. The normalized spacial score (nSPS) is 14.5. The minimum absolute atomic E-state index is 0.415. The van der Waals surface area contributed by atoms with E-state index in [1.807, 2.05) is 0 Å². The number of hydrogen-bond acceptors (Lipinski definition) is 4. The third-order valence-electron chi connectivity index (χ3n) is 2.08. The van der Waals surface area contributed by atoms with Gasteiger partial charge in [0.25, 0.3) is 0 Å². The first kappa shape index (κ1) is 13.9. The highest BCUT2D eigenvalue weighted by molar-refractivity contribution is 5.73. The van der Waals surface area contributed by atoms with Crippen molar-refractivity contribution in [2.45, 2.75) is 38.3 Å². The number of unbranched alkanes of at least 4 members (excludes halogenated alkanes) is 1. The summed E-state index contributed by atoms with van der Waals surface area (Å²) in [6, 6.07) is -1.39. The zero-order valence-electron chi connectivity index (χ0n) is 8.77. The number of nitrogens with one attached hydrogen (secondary N) is 1. The van der Waals surface area contributed by atoms with Crippen LogP contribution in [0.25, 0.3) is 0 Å². The van der Waals surface area contributed by atoms with Crippen LogP contribution in [0.15, 0.2) is 0 Å². The molecule has 0 saturated carbocycles. The third kappa shape index (κ3) is 6.87. The summed E-state index contributed by atoms with van der Waals surface area (Å²) in [7, 11) is 0. The van der Waals surface area contributed by atoms with Gasteiger partial charge >= 0.3 is 11.9 Å². The molecule has 2 atom stereocenters. The van der Waals surface area contributed by atoms with E-state index in [1.54, 1.807) is 6.92 Å². The van der Waals surface area contributed by atoms with E-state index in [4.69, 9.17) is 15.9 Å². The fourth-order valence-corrected chi connectivity index (χ4v) is 1.02. The Balaban J connectivity index is 3.40. The summed E-state index contributed by atoms with van der Waals surface area (Å²) >= 11 is 0. The van der Waals surface area contributed by atoms with E-state index >= 15 is 0 Å². The van der Waals surface area contributed by atoms with Crippen LogP contribution in [0.3, 0.4) is 0 Å². The summed E-state index contributed by atoms with van der Waals surface area (Å²) < 4.78 is 0. The maximum absolute atomic E-state index is 10.4. The van der Waals surface area contributed by atoms with Crippen molar-refractivity contribution in [1.29, 1.82) is 0 Å². The van der Waals surface area contributed by atoms with Crippen molar-refractivity contribution < 1.29 is 19.8 Å². The third-order valence-corrected chi connectivity index (χ3v) is 2.08. The number of rotatable bonds is 8. The summed E-state index contributed by atoms with van der Waals surface area (Å²) in [6.45, 7) is 2.12. The van der Waals surface area contributed by atoms with Gasteiger partial charge in [0.1, 0.15) is 12.1 Å². The van der Waals surface area contributed by atoms with Crippen molar-refractivity contribution in [3.05, 3.63) is 0 Å². The molecule has 0 aromatic rings. The number of carbonyl (C=O) groups is 2. The molecule has 88 valence electrons. The largest absolute Gasteiger partial charge is 0.480 e. The van der Waals surface area contributed by atoms with Crippen molar-refractivity contribution in [3.63, 3.8) is 0 Å². The minimum atomic E-state index is -0.998. The number of aliphatic carboxylic acids is 2. The lowest BCUT2D eigenvalue weighted by molar-refractivity contribution is -0.139. The quantitative estimate of drug-likeness (QED) is 0.413. The van der Waals surface area contributed by atoms with Gasteiger partial charge in [0, 0.05) is 0 Å². The van der Waals surface area contributed by atoms with Gasteiger partial charge < -0.3 is 21.3 Å². The zero-order chi connectivity index (χ0) is 11.8. The average Bonchev–Trinajstić information content (AvgIpc) is 2.16. The first-order valence-corrected chi connectivity index (χ1v) is 4.89. The smallest absolute Gasteiger partial charge is 0.320 e. The minimum Gasteiger partial charge on any atom is -0.480 e. The summed E-state index contributed by atoms with van der Waals surface area (Å²) in [4.78, 5) is 20.7. The van der Waals surface area contributed by atoms with Gasteiger partial charge in [0.15, 0.2) is 0 Å². The van der Waals surface area contributed by atoms with Crippen LogP contribution in [0.4, 0.5) is 0 Å². The van der Waals surface area contributed by atoms with Crippen LogP contribution in [0.5, 0.6) is 0 Å². The van der Waals surface area contributed by atoms with E-state index in [2.05, 4.69) is 5.32 Å². The molecule has 0 radical (unpaired) electrons. The molecule has 5 N–H and O–H groups in total. The lowest BCUT2D eigenvalue weighted by Gasteiger charge is -2.09. The van der Waals surface area contributed by atoms with E-state index < -0.39 is 24.0 Å². The molecule has 0 spiro atoms. The Hall–Kier alpha value is -1.14. The molecule has 0 rings (SSSR count). The first-order valence-electron chi connectivity index (χ1n) is 4.89. The molecule has 0 aliphatic carbocycles. The van der Waals surface area contributed by atoms with Crippen LogP contribution in [0.2, 0.25) is 0 Å². The van der Waals surface area contributed by atoms with Crippen LogP contribution in [0.1, 0.15) is 26.2 Å². The molecule has 0 unspecified atom stereocenters. The van der Waals surface area contributed by atoms with Crippen LogP contribution < -0.4 is 11.1 Å². The molecule has 0 aromatic carbocycles. The highest BCUT2D eigenvalue weighted by atomic mass is 16.4. The SMILES string of the molecule is C[C@@H](NCCCC[C@H](N)C(=O)O)C(=O)O. The average molecular weight is 218 g/mol. The predicted octanol–water partition coefficient (Wildman–Crippen LogP) is -0.369. The second-order valence-electron chi connectivity index (χ2n) is 3.45. The molecule has 0 aliphatic heterocycles. The molecular formula is C9H18N2O4. The van der Waals surface area contributed by atoms with Crippen molar-refractivity contribution >= 4 is 11.9 Å². The number of carboxylic acids is 2. The van der Waals surface area contributed by atoms with Crippen LogP contribution in [0, 0.1) is 0 Å². The number of nitrogens with two attached hydrogens (primary N) is 1. The Morgan fingerprint density at radius 2 is 1.87 bits per heavy atom. The maximum Gasteiger partial charge on any atom is 0.320 e. The molecule has 0 aliphatic rings. The molecule has 0 aromatic heterocycles. The van der Waals surface area contributed by atoms with Gasteiger partial charge in [0.2, 0.25) is 0 Å². The van der Waals surface area contributed by atoms with Crippen molar-refractivity contribution in [3.8, 4) is 0 Å². The Kier molecular flexibility index (Phi) is 6.64. The number of carboxylic acid groups (broad SMARTS) is 2. The Morgan fingerprint density at radius 1 is 1.27 bits per heavy atom. The van der Waals surface area contributed by atoms with Crippen LogP contribution >= 0.6 is 0 Å². The van der Waals surface area contributed by atoms with Gasteiger partial charge in [-0.05, 0) is 26.3 Å². The summed E-state index contributed by atoms with van der Waals surface area (Å²) in [5.74, 6) is -1.89. The van der Waals surface area contributed by atoms with E-state index in [0.717, 1.165) is 6.42 Å². The van der Waals surface area contributed by atoms with Gasteiger partial charge in [-0.15, -0.1) is 0 Å². The molecule has 0 heterocycles. The standard InChI is InChI=1S/C9H18N2O4/c1-6(8(12)13)11-5-3-2-4-7(10)9(14)15/h6-7,11H,2-5,10H2,1H3,(H,12,13)(H,14,15)/t6-,7+/m1/s1. The molecule has 0 bridgehead atoms. The highest BCUT2D eigenvalue weighted by Gasteiger charge is 2.11. The fraction of sp³-hybridized carbons (Fsp3) is 0.778. The van der Waals surface area contributed by atoms with Crippen LogP contribution in [-0.4, -0.2) is 40.8 Å². The zero-order valence-corrected chi connectivity index (χ0v) is 8.77. The highest BCUT2D eigenvalue weighted by Crippen LogP contribution is 1.98. The van der Waals surface area contributed by atoms with Gasteiger partial charge in [0.05, 0.1) is 0 Å². The van der Waals surface area contributed by atoms with Crippen molar-refractivity contribution in [2.24, 2.45) is 5.73 Å². The monoisotopic (exact) mass is 218 g/mol. The van der Waals surface area contributed by atoms with E-state index in [9.17, 15) is 9.59 Å². The van der Waals surface area contributed by atoms with Crippen LogP contribution in [-0.2, 0) is 9.59 Å². The topological polar surface area (TPSA) is 113 Å². The lowest BCUT2D eigenvalue weighted by Crippen LogP contribution is -2.34. The second kappa shape index (κ2) is 7.19. The molecule has 0 amide bonds. The van der Waals surface area contributed by atoms with Gasteiger partial charge in [-0.25, -0.2) is 0 Å². The van der Waals surface area contributed by atoms with Gasteiger partial charge in [-0.1, -0.05) is 6.42 Å². The Morgan fingerprint density at radius 3 is 2.33 bits per heavy atom. The fourth-order valence-electron chi connectivity index (χ4n) is 1.02. The first-order chi connectivity index (χ1) is 6.95. The Labute approximate surface area is 88.5 Å². The predicted molar refractivity (Wildman–Crippen MR) is 54.6 cm³/mol. The van der Waals surface area contributed by atoms with Gasteiger partial charge in [-0.3, -0.25) is 9.59 Å². The second-order valence-corrected chi connectivity index (χ2v) is 3.45. The molecule has 6 nitrogen and oxygen atoms in total. The number of hydrogen-bond donors (Lipinski definition) is 4. The maximum atomic E-state index is 10.4. The summed E-state index contributed by atoms with van der Waals surface area (Å²) in [5.41, 5.74) is 5.29. The summed E-state index contributed by atoms with van der Waals surface area (Å²) in [6.07, 6.45) is 1.81. The molecule has 0 saturated heterocycles. The van der Waals surface area contributed by atoms with E-state index in [-0.39, 0.29) is 0 Å². The van der Waals surface area contributed by atoms with Gasteiger partial charge in [-0.2, -0.15) is 0 Å². The molecule has 6 heteroatoms. The molecule has 15 heavy (non-hydrogen) atoms. The van der Waals surface area contributed by atoms with E-state index in [0.29, 0.717) is 19.4 Å².